The minimum absolute atomic E-state index is 0.00287. The normalized spacial score (nSPS) is 13.9. The van der Waals surface area contributed by atoms with Gasteiger partial charge in [0.25, 0.3) is 11.8 Å². The molecule has 1 aliphatic rings. The minimum Gasteiger partial charge on any atom is -0.267 e. The second kappa shape index (κ2) is 6.99. The molecule has 0 spiro atoms. The summed E-state index contributed by atoms with van der Waals surface area (Å²) >= 11 is 0. The molecule has 1 fully saturated rings. The highest BCUT2D eigenvalue weighted by Crippen LogP contribution is 2.22. The summed E-state index contributed by atoms with van der Waals surface area (Å²) < 4.78 is 26.9. The SMILES string of the molecule is O=C(NNC(=O)c1ccccn1)c1cccc(S(=O)(=O)NC2CC2)c1. The largest absolute Gasteiger partial charge is 0.288 e. The van der Waals surface area contributed by atoms with Crippen LogP contribution >= 0.6 is 0 Å². The lowest BCUT2D eigenvalue weighted by Crippen LogP contribution is -2.42. The summed E-state index contributed by atoms with van der Waals surface area (Å²) in [6.07, 6.45) is 3.09. The van der Waals surface area contributed by atoms with Crippen LogP contribution in [0.4, 0.5) is 0 Å². The van der Waals surface area contributed by atoms with Gasteiger partial charge in [0.05, 0.1) is 4.90 Å². The maximum atomic E-state index is 12.2. The van der Waals surface area contributed by atoms with Crippen molar-refractivity contribution < 1.29 is 18.0 Å². The molecule has 1 aromatic carbocycles. The van der Waals surface area contributed by atoms with Crippen LogP contribution in [0.3, 0.4) is 0 Å². The van der Waals surface area contributed by atoms with Gasteiger partial charge < -0.3 is 0 Å². The molecule has 0 radical (unpaired) electrons. The predicted octanol–water partition coefficient (Wildman–Crippen LogP) is 0.597. The monoisotopic (exact) mass is 360 g/mol. The highest BCUT2D eigenvalue weighted by molar-refractivity contribution is 7.89. The van der Waals surface area contributed by atoms with E-state index >= 15 is 0 Å². The molecule has 9 heteroatoms. The Bertz CT molecular complexity index is 895. The molecule has 0 aliphatic heterocycles. The van der Waals surface area contributed by atoms with Gasteiger partial charge in [-0.3, -0.25) is 25.4 Å². The molecule has 0 unspecified atom stereocenters. The Morgan fingerprint density at radius 1 is 1.00 bits per heavy atom. The highest BCUT2D eigenvalue weighted by Gasteiger charge is 2.28. The number of nitrogens with zero attached hydrogens (tertiary/aromatic N) is 1. The van der Waals surface area contributed by atoms with Crippen LogP contribution in [0.2, 0.25) is 0 Å². The van der Waals surface area contributed by atoms with E-state index in [0.717, 1.165) is 12.8 Å². The number of hydrazine groups is 1. The average Bonchev–Trinajstić information content (AvgIpc) is 3.43. The number of hydrogen-bond acceptors (Lipinski definition) is 5. The molecule has 25 heavy (non-hydrogen) atoms. The smallest absolute Gasteiger partial charge is 0.267 e. The van der Waals surface area contributed by atoms with E-state index in [2.05, 4.69) is 20.6 Å². The van der Waals surface area contributed by atoms with Gasteiger partial charge >= 0.3 is 0 Å². The lowest BCUT2D eigenvalue weighted by molar-refractivity contribution is 0.0844. The molecule has 3 N–H and O–H groups in total. The molecule has 0 atom stereocenters. The quantitative estimate of drug-likeness (QED) is 0.675. The van der Waals surface area contributed by atoms with E-state index in [1.807, 2.05) is 0 Å². The van der Waals surface area contributed by atoms with Gasteiger partial charge in [0.15, 0.2) is 0 Å². The maximum Gasteiger partial charge on any atom is 0.288 e. The maximum absolute atomic E-state index is 12.2. The fourth-order valence-electron chi connectivity index (χ4n) is 2.04. The van der Waals surface area contributed by atoms with Crippen LogP contribution in [-0.2, 0) is 10.0 Å². The standard InChI is InChI=1S/C16H16N4O4S/c21-15(18-19-16(22)14-6-1-2-9-17-14)11-4-3-5-13(10-11)25(23,24)20-12-7-8-12/h1-6,9-10,12,20H,7-8H2,(H,18,21)(H,19,22). The van der Waals surface area contributed by atoms with Crippen molar-refractivity contribution in [3.05, 3.63) is 59.9 Å². The van der Waals surface area contributed by atoms with Crippen LogP contribution < -0.4 is 15.6 Å². The van der Waals surface area contributed by atoms with E-state index < -0.39 is 21.8 Å². The molecule has 0 bridgehead atoms. The number of pyridine rings is 1. The lowest BCUT2D eigenvalue weighted by atomic mass is 10.2. The number of benzene rings is 1. The fourth-order valence-corrected chi connectivity index (χ4v) is 3.39. The third-order valence-electron chi connectivity index (χ3n) is 3.49. The molecular formula is C16H16N4O4S. The molecule has 1 saturated carbocycles. The van der Waals surface area contributed by atoms with E-state index in [1.165, 1.54) is 36.5 Å². The van der Waals surface area contributed by atoms with Gasteiger partial charge in [0, 0.05) is 17.8 Å². The van der Waals surface area contributed by atoms with Crippen molar-refractivity contribution in [3.8, 4) is 0 Å². The topological polar surface area (TPSA) is 117 Å². The van der Waals surface area contributed by atoms with Gasteiger partial charge in [-0.05, 0) is 43.2 Å². The summed E-state index contributed by atoms with van der Waals surface area (Å²) in [7, 11) is -3.65. The third kappa shape index (κ3) is 4.40. The van der Waals surface area contributed by atoms with Crippen molar-refractivity contribution in [2.24, 2.45) is 0 Å². The zero-order valence-corrected chi connectivity index (χ0v) is 13.9. The Morgan fingerprint density at radius 3 is 2.44 bits per heavy atom. The van der Waals surface area contributed by atoms with Crippen molar-refractivity contribution >= 4 is 21.8 Å². The second-order valence-corrected chi connectivity index (χ2v) is 7.26. The molecule has 1 aliphatic carbocycles. The Hall–Kier alpha value is -2.78. The molecule has 2 amide bonds. The van der Waals surface area contributed by atoms with Crippen LogP contribution in [0.5, 0.6) is 0 Å². The summed E-state index contributed by atoms with van der Waals surface area (Å²) in [5, 5.41) is 0. The predicted molar refractivity (Wildman–Crippen MR) is 89.0 cm³/mol. The molecule has 0 saturated heterocycles. The number of aromatic nitrogens is 1. The van der Waals surface area contributed by atoms with Crippen LogP contribution in [-0.4, -0.2) is 31.3 Å². The molecule has 130 valence electrons. The van der Waals surface area contributed by atoms with Crippen molar-refractivity contribution in [1.29, 1.82) is 0 Å². The molecule has 8 nitrogen and oxygen atoms in total. The van der Waals surface area contributed by atoms with E-state index in [-0.39, 0.29) is 22.2 Å². The average molecular weight is 360 g/mol. The molecular weight excluding hydrogens is 344 g/mol. The summed E-state index contributed by atoms with van der Waals surface area (Å²) in [6, 6.07) is 10.4. The Balaban J connectivity index is 1.66. The van der Waals surface area contributed by atoms with Gasteiger partial charge in [-0.25, -0.2) is 13.1 Å². The molecule has 1 heterocycles. The van der Waals surface area contributed by atoms with Crippen molar-refractivity contribution in [2.45, 2.75) is 23.8 Å². The van der Waals surface area contributed by atoms with Gasteiger partial charge in [0.1, 0.15) is 5.69 Å². The Kier molecular flexibility index (Phi) is 4.77. The number of hydrogen-bond donors (Lipinski definition) is 3. The fraction of sp³-hybridized carbons (Fsp3) is 0.188. The van der Waals surface area contributed by atoms with Crippen LogP contribution in [0, 0.1) is 0 Å². The number of amides is 2. The van der Waals surface area contributed by atoms with Gasteiger partial charge in [0.2, 0.25) is 10.0 Å². The first-order valence-electron chi connectivity index (χ1n) is 7.60. The molecule has 2 aromatic rings. The molecule has 1 aromatic heterocycles. The van der Waals surface area contributed by atoms with Gasteiger partial charge in [-0.1, -0.05) is 12.1 Å². The summed E-state index contributed by atoms with van der Waals surface area (Å²) in [5.74, 6) is -1.21. The van der Waals surface area contributed by atoms with E-state index in [0.29, 0.717) is 0 Å². The number of carbonyl (C=O) groups excluding carboxylic acids is 2. The van der Waals surface area contributed by atoms with Crippen molar-refractivity contribution in [1.82, 2.24) is 20.6 Å². The first-order valence-corrected chi connectivity index (χ1v) is 9.08. The Labute approximate surface area is 144 Å². The van der Waals surface area contributed by atoms with Gasteiger partial charge in [-0.15, -0.1) is 0 Å². The lowest BCUT2D eigenvalue weighted by Gasteiger charge is -2.09. The van der Waals surface area contributed by atoms with Crippen molar-refractivity contribution in [3.63, 3.8) is 0 Å². The number of rotatable bonds is 5. The van der Waals surface area contributed by atoms with E-state index in [1.54, 1.807) is 12.1 Å². The minimum atomic E-state index is -3.65. The zero-order chi connectivity index (χ0) is 17.9. The molecule has 3 rings (SSSR count). The summed E-state index contributed by atoms with van der Waals surface area (Å²) in [4.78, 5) is 27.8. The number of sulfonamides is 1. The first-order chi connectivity index (χ1) is 12.0. The highest BCUT2D eigenvalue weighted by atomic mass is 32.2. The Morgan fingerprint density at radius 2 is 1.76 bits per heavy atom. The van der Waals surface area contributed by atoms with Crippen molar-refractivity contribution in [2.75, 3.05) is 0 Å². The van der Waals surface area contributed by atoms with Gasteiger partial charge in [-0.2, -0.15) is 0 Å². The van der Waals surface area contributed by atoms with Crippen LogP contribution in [0.25, 0.3) is 0 Å². The second-order valence-electron chi connectivity index (χ2n) is 5.55. The third-order valence-corrected chi connectivity index (χ3v) is 5.01. The summed E-state index contributed by atoms with van der Waals surface area (Å²) in [5.41, 5.74) is 4.72. The van der Waals surface area contributed by atoms with E-state index in [4.69, 9.17) is 0 Å². The van der Waals surface area contributed by atoms with E-state index in [9.17, 15) is 18.0 Å². The summed E-state index contributed by atoms with van der Waals surface area (Å²) in [6.45, 7) is 0. The number of nitrogens with one attached hydrogen (secondary N) is 3. The first kappa shape index (κ1) is 17.1. The van der Waals surface area contributed by atoms with Crippen LogP contribution in [0.15, 0.2) is 53.6 Å². The number of carbonyl (C=O) groups is 2. The van der Waals surface area contributed by atoms with Crippen LogP contribution in [0.1, 0.15) is 33.7 Å². The zero-order valence-electron chi connectivity index (χ0n) is 13.1.